The Bertz CT molecular complexity index is 296. The molecule has 13 heavy (non-hydrogen) atoms. The second-order valence-electron chi connectivity index (χ2n) is 4.56. The summed E-state index contributed by atoms with van der Waals surface area (Å²) in [6.07, 6.45) is 0. The molecule has 0 aromatic carbocycles. The molecule has 4 nitrogen and oxygen atoms in total. The van der Waals surface area contributed by atoms with Gasteiger partial charge in [0, 0.05) is 24.4 Å². The molecule has 0 unspecified atom stereocenters. The molecule has 0 amide bonds. The highest BCUT2D eigenvalue weighted by Crippen LogP contribution is 2.23. The van der Waals surface area contributed by atoms with Gasteiger partial charge >= 0.3 is 0 Å². The molecule has 0 spiro atoms. The van der Waals surface area contributed by atoms with E-state index in [0.717, 1.165) is 24.8 Å². The summed E-state index contributed by atoms with van der Waals surface area (Å²) in [6.45, 7) is 8.17. The summed E-state index contributed by atoms with van der Waals surface area (Å²) in [5.41, 5.74) is -0.0393. The van der Waals surface area contributed by atoms with Crippen LogP contribution in [0.4, 0.5) is 0 Å². The van der Waals surface area contributed by atoms with Crippen LogP contribution in [-0.2, 0) is 5.41 Å². The van der Waals surface area contributed by atoms with Gasteiger partial charge in [0.1, 0.15) is 0 Å². The molecule has 4 heteroatoms. The Hall–Kier alpha value is -0.900. The number of rotatable bonds is 1. The molecule has 0 aliphatic carbocycles. The van der Waals surface area contributed by atoms with Crippen molar-refractivity contribution in [2.45, 2.75) is 32.1 Å². The summed E-state index contributed by atoms with van der Waals surface area (Å²) in [5.74, 6) is 2.04. The summed E-state index contributed by atoms with van der Waals surface area (Å²) < 4.78 is 5.20. The second-order valence-corrected chi connectivity index (χ2v) is 4.56. The van der Waals surface area contributed by atoms with Crippen molar-refractivity contribution in [3.05, 3.63) is 11.7 Å². The maximum Gasteiger partial charge on any atom is 0.232 e. The van der Waals surface area contributed by atoms with Crippen LogP contribution in [-0.4, -0.2) is 23.2 Å². The normalized spacial score (nSPS) is 18.7. The van der Waals surface area contributed by atoms with Crippen molar-refractivity contribution >= 4 is 0 Å². The van der Waals surface area contributed by atoms with Gasteiger partial charge < -0.3 is 9.84 Å². The zero-order chi connectivity index (χ0) is 9.47. The third-order valence-electron chi connectivity index (χ3n) is 2.23. The molecular weight excluding hydrogens is 166 g/mol. The van der Waals surface area contributed by atoms with Crippen LogP contribution in [0.15, 0.2) is 4.52 Å². The molecule has 1 saturated heterocycles. The molecule has 0 bridgehead atoms. The van der Waals surface area contributed by atoms with Gasteiger partial charge in [-0.1, -0.05) is 25.9 Å². The van der Waals surface area contributed by atoms with Gasteiger partial charge in [0.2, 0.25) is 5.89 Å². The lowest BCUT2D eigenvalue weighted by Gasteiger charge is -2.23. The molecule has 1 aromatic rings. The topological polar surface area (TPSA) is 51.0 Å². The Balaban J connectivity index is 2.17. The number of nitrogens with zero attached hydrogens (tertiary/aromatic N) is 2. The van der Waals surface area contributed by atoms with E-state index in [4.69, 9.17) is 4.52 Å². The average Bonchev–Trinajstić information content (AvgIpc) is 2.29. The van der Waals surface area contributed by atoms with Crippen LogP contribution in [0.25, 0.3) is 0 Å². The minimum atomic E-state index is -0.0393. The van der Waals surface area contributed by atoms with Crippen molar-refractivity contribution in [3.63, 3.8) is 0 Å². The molecule has 0 atom stereocenters. The molecule has 1 aromatic heterocycles. The predicted molar refractivity (Wildman–Crippen MR) is 48.6 cm³/mol. The van der Waals surface area contributed by atoms with Crippen molar-refractivity contribution < 1.29 is 4.52 Å². The van der Waals surface area contributed by atoms with Gasteiger partial charge in [0.05, 0.1) is 0 Å². The molecule has 2 rings (SSSR count). The average molecular weight is 181 g/mol. The summed E-state index contributed by atoms with van der Waals surface area (Å²) in [7, 11) is 0. The Morgan fingerprint density at radius 1 is 1.38 bits per heavy atom. The van der Waals surface area contributed by atoms with Crippen molar-refractivity contribution in [3.8, 4) is 0 Å². The van der Waals surface area contributed by atoms with Crippen LogP contribution in [0.2, 0.25) is 0 Å². The summed E-state index contributed by atoms with van der Waals surface area (Å²) in [4.78, 5) is 4.39. The van der Waals surface area contributed by atoms with Crippen molar-refractivity contribution in [2.75, 3.05) is 13.1 Å². The minimum Gasteiger partial charge on any atom is -0.339 e. The van der Waals surface area contributed by atoms with Gasteiger partial charge in [-0.25, -0.2) is 0 Å². The molecule has 1 aliphatic heterocycles. The maximum absolute atomic E-state index is 5.20. The lowest BCUT2D eigenvalue weighted by atomic mass is 9.97. The van der Waals surface area contributed by atoms with E-state index in [0.29, 0.717) is 5.92 Å². The zero-order valence-corrected chi connectivity index (χ0v) is 8.29. The highest BCUT2D eigenvalue weighted by molar-refractivity contribution is 5.05. The van der Waals surface area contributed by atoms with Gasteiger partial charge in [0.25, 0.3) is 0 Å². The lowest BCUT2D eigenvalue weighted by Crippen LogP contribution is -2.40. The van der Waals surface area contributed by atoms with E-state index in [1.54, 1.807) is 0 Å². The highest BCUT2D eigenvalue weighted by atomic mass is 16.5. The third-order valence-corrected chi connectivity index (χ3v) is 2.23. The van der Waals surface area contributed by atoms with Crippen molar-refractivity contribution in [1.82, 2.24) is 15.5 Å². The van der Waals surface area contributed by atoms with Crippen LogP contribution in [0.3, 0.4) is 0 Å². The fraction of sp³-hybridized carbons (Fsp3) is 0.778. The number of aromatic nitrogens is 2. The lowest BCUT2D eigenvalue weighted by molar-refractivity contribution is 0.313. The van der Waals surface area contributed by atoms with Crippen LogP contribution in [0.5, 0.6) is 0 Å². The van der Waals surface area contributed by atoms with E-state index in [1.807, 2.05) is 0 Å². The molecule has 1 fully saturated rings. The molecule has 0 saturated carbocycles. The largest absolute Gasteiger partial charge is 0.339 e. The third kappa shape index (κ3) is 1.58. The Kier molecular flexibility index (Phi) is 1.87. The van der Waals surface area contributed by atoms with Crippen LogP contribution >= 0.6 is 0 Å². The van der Waals surface area contributed by atoms with E-state index < -0.39 is 0 Å². The second kappa shape index (κ2) is 2.80. The Labute approximate surface area is 77.7 Å². The first-order valence-electron chi connectivity index (χ1n) is 4.62. The Morgan fingerprint density at radius 2 is 2.08 bits per heavy atom. The quantitative estimate of drug-likeness (QED) is 0.703. The van der Waals surface area contributed by atoms with Crippen molar-refractivity contribution in [2.24, 2.45) is 0 Å². The SMILES string of the molecule is CC(C)(C)c1nc(C2CNC2)no1. The van der Waals surface area contributed by atoms with Crippen LogP contribution in [0.1, 0.15) is 38.4 Å². The first-order chi connectivity index (χ1) is 6.07. The van der Waals surface area contributed by atoms with Gasteiger partial charge in [-0.15, -0.1) is 0 Å². The van der Waals surface area contributed by atoms with E-state index in [2.05, 4.69) is 36.2 Å². The predicted octanol–water partition coefficient (Wildman–Crippen LogP) is 1.05. The number of hydrogen-bond donors (Lipinski definition) is 1. The molecule has 2 heterocycles. The number of hydrogen-bond acceptors (Lipinski definition) is 4. The molecule has 1 aliphatic rings. The van der Waals surface area contributed by atoms with Crippen molar-refractivity contribution in [1.29, 1.82) is 0 Å². The van der Waals surface area contributed by atoms with E-state index in [-0.39, 0.29) is 5.41 Å². The van der Waals surface area contributed by atoms with Crippen LogP contribution in [0, 0.1) is 0 Å². The molecule has 72 valence electrons. The standard InChI is InChI=1S/C9H15N3O/c1-9(2,3)8-11-7(12-13-8)6-4-10-5-6/h6,10H,4-5H2,1-3H3. The van der Waals surface area contributed by atoms with E-state index in [9.17, 15) is 0 Å². The maximum atomic E-state index is 5.20. The van der Waals surface area contributed by atoms with Gasteiger partial charge in [0.15, 0.2) is 5.82 Å². The van der Waals surface area contributed by atoms with E-state index >= 15 is 0 Å². The molecule has 0 radical (unpaired) electrons. The summed E-state index contributed by atoms with van der Waals surface area (Å²) >= 11 is 0. The first kappa shape index (κ1) is 8.69. The smallest absolute Gasteiger partial charge is 0.232 e. The molecular formula is C9H15N3O. The van der Waals surface area contributed by atoms with Crippen LogP contribution < -0.4 is 5.32 Å². The fourth-order valence-corrected chi connectivity index (χ4v) is 1.18. The van der Waals surface area contributed by atoms with Gasteiger partial charge in [-0.3, -0.25) is 0 Å². The first-order valence-corrected chi connectivity index (χ1v) is 4.62. The number of nitrogens with one attached hydrogen (secondary N) is 1. The summed E-state index contributed by atoms with van der Waals surface area (Å²) in [5, 5.41) is 7.16. The summed E-state index contributed by atoms with van der Waals surface area (Å²) in [6, 6.07) is 0. The van der Waals surface area contributed by atoms with Gasteiger partial charge in [-0.2, -0.15) is 4.98 Å². The fourth-order valence-electron chi connectivity index (χ4n) is 1.18. The monoisotopic (exact) mass is 181 g/mol. The molecule has 1 N–H and O–H groups in total. The Morgan fingerprint density at radius 3 is 2.46 bits per heavy atom. The zero-order valence-electron chi connectivity index (χ0n) is 8.29. The van der Waals surface area contributed by atoms with E-state index in [1.165, 1.54) is 0 Å². The van der Waals surface area contributed by atoms with Gasteiger partial charge in [-0.05, 0) is 0 Å². The minimum absolute atomic E-state index is 0.0393. The highest BCUT2D eigenvalue weighted by Gasteiger charge is 2.27.